The molecular weight excluding hydrogens is 250 g/mol. The highest BCUT2D eigenvalue weighted by Gasteiger charge is 2.11. The molecule has 1 heterocycles. The van der Waals surface area contributed by atoms with Gasteiger partial charge in [-0.3, -0.25) is 4.79 Å². The zero-order valence-corrected chi connectivity index (χ0v) is 10.3. The molecule has 0 aromatic carbocycles. The summed E-state index contributed by atoms with van der Waals surface area (Å²) in [5.74, 6) is 0.412. The third-order valence-electron chi connectivity index (χ3n) is 1.72. The van der Waals surface area contributed by atoms with Crippen LogP contribution in [0.4, 0.5) is 0 Å². The van der Waals surface area contributed by atoms with Crippen molar-refractivity contribution in [1.29, 1.82) is 0 Å². The molecule has 0 aliphatic carbocycles. The van der Waals surface area contributed by atoms with E-state index in [4.69, 9.17) is 22.4 Å². The van der Waals surface area contributed by atoms with Crippen LogP contribution in [0.2, 0.25) is 5.15 Å². The van der Waals surface area contributed by atoms with Crippen molar-refractivity contribution in [1.82, 2.24) is 9.97 Å². The Morgan fingerprint density at radius 2 is 2.38 bits per heavy atom. The predicted octanol–water partition coefficient (Wildman–Crippen LogP) is 1.08. The number of carboxylic acids is 1. The van der Waals surface area contributed by atoms with E-state index in [1.165, 1.54) is 11.8 Å². The van der Waals surface area contributed by atoms with E-state index in [1.54, 1.807) is 6.07 Å². The second kappa shape index (κ2) is 6.03. The minimum atomic E-state index is -1.00. The van der Waals surface area contributed by atoms with Gasteiger partial charge >= 0.3 is 5.97 Å². The summed E-state index contributed by atoms with van der Waals surface area (Å²) in [6.45, 7) is 1.82. The van der Waals surface area contributed by atoms with Gasteiger partial charge in [0.15, 0.2) is 0 Å². The van der Waals surface area contributed by atoms with E-state index in [2.05, 4.69) is 9.97 Å². The summed E-state index contributed by atoms with van der Waals surface area (Å²) in [5, 5.41) is 8.97. The maximum Gasteiger partial charge on any atom is 0.321 e. The molecule has 0 saturated heterocycles. The molecule has 0 fully saturated rings. The number of aryl methyl sites for hydroxylation is 1. The lowest BCUT2D eigenvalue weighted by Crippen LogP contribution is -2.32. The Labute approximate surface area is 102 Å². The minimum Gasteiger partial charge on any atom is -0.480 e. The summed E-state index contributed by atoms with van der Waals surface area (Å²) in [6.07, 6.45) is 0. The van der Waals surface area contributed by atoms with Crippen LogP contribution in [0.15, 0.2) is 6.07 Å². The fraction of sp³-hybridized carbons (Fsp3) is 0.444. The molecule has 0 amide bonds. The van der Waals surface area contributed by atoms with E-state index < -0.39 is 12.0 Å². The summed E-state index contributed by atoms with van der Waals surface area (Å²) >= 11 is 7.13. The van der Waals surface area contributed by atoms with E-state index in [0.29, 0.717) is 22.5 Å². The average molecular weight is 262 g/mol. The zero-order chi connectivity index (χ0) is 12.1. The number of carboxylic acid groups (broad SMARTS) is 1. The summed E-state index contributed by atoms with van der Waals surface area (Å²) in [4.78, 5) is 18.7. The van der Waals surface area contributed by atoms with Crippen molar-refractivity contribution in [2.45, 2.75) is 18.7 Å². The molecule has 88 valence electrons. The summed E-state index contributed by atoms with van der Waals surface area (Å²) in [7, 11) is 0. The molecule has 1 atom stereocenters. The van der Waals surface area contributed by atoms with Gasteiger partial charge in [0.1, 0.15) is 17.0 Å². The number of nitrogens with zero attached hydrogens (tertiary/aromatic N) is 2. The summed E-state index contributed by atoms with van der Waals surface area (Å²) in [5.41, 5.74) is 6.14. The SMILES string of the molecule is Cc1cc(Cl)nc(CSCC(N)C(=O)O)n1. The lowest BCUT2D eigenvalue weighted by Gasteiger charge is -2.05. The van der Waals surface area contributed by atoms with Crippen molar-refractivity contribution in [3.63, 3.8) is 0 Å². The second-order valence-electron chi connectivity index (χ2n) is 3.21. The Hall–Kier alpha value is -0.850. The monoisotopic (exact) mass is 261 g/mol. The van der Waals surface area contributed by atoms with Crippen molar-refractivity contribution in [2.75, 3.05) is 5.75 Å². The van der Waals surface area contributed by atoms with Crippen molar-refractivity contribution in [2.24, 2.45) is 5.73 Å². The van der Waals surface area contributed by atoms with Gasteiger partial charge in [0, 0.05) is 11.4 Å². The maximum atomic E-state index is 10.5. The fourth-order valence-corrected chi connectivity index (χ4v) is 2.08. The molecule has 0 aliphatic rings. The van der Waals surface area contributed by atoms with Crippen molar-refractivity contribution in [3.05, 3.63) is 22.7 Å². The first-order valence-corrected chi connectivity index (χ1v) is 6.08. The smallest absolute Gasteiger partial charge is 0.321 e. The fourth-order valence-electron chi connectivity index (χ4n) is 1.00. The van der Waals surface area contributed by atoms with Gasteiger partial charge in [0.05, 0.1) is 5.75 Å². The topological polar surface area (TPSA) is 89.1 Å². The summed E-state index contributed by atoms with van der Waals surface area (Å²) < 4.78 is 0. The largest absolute Gasteiger partial charge is 0.480 e. The number of aromatic nitrogens is 2. The average Bonchev–Trinajstić information content (AvgIpc) is 2.15. The number of carbonyl (C=O) groups is 1. The molecule has 1 unspecified atom stereocenters. The highest BCUT2D eigenvalue weighted by atomic mass is 35.5. The van der Waals surface area contributed by atoms with Crippen LogP contribution in [-0.2, 0) is 10.5 Å². The first kappa shape index (κ1) is 13.2. The van der Waals surface area contributed by atoms with E-state index in [1.807, 2.05) is 6.92 Å². The van der Waals surface area contributed by atoms with Crippen LogP contribution in [0.5, 0.6) is 0 Å². The van der Waals surface area contributed by atoms with E-state index in [-0.39, 0.29) is 0 Å². The van der Waals surface area contributed by atoms with Crippen molar-refractivity contribution in [3.8, 4) is 0 Å². The maximum absolute atomic E-state index is 10.5. The molecule has 0 saturated carbocycles. The number of thioether (sulfide) groups is 1. The van der Waals surface area contributed by atoms with Crippen molar-refractivity contribution < 1.29 is 9.90 Å². The minimum absolute atomic E-state index is 0.324. The number of rotatable bonds is 5. The Bertz CT molecular complexity index is 369. The van der Waals surface area contributed by atoms with Crippen molar-refractivity contribution >= 4 is 29.3 Å². The lowest BCUT2D eigenvalue weighted by atomic mass is 10.4. The molecule has 1 rings (SSSR count). The third kappa shape index (κ3) is 4.34. The highest BCUT2D eigenvalue weighted by Crippen LogP contribution is 2.13. The first-order valence-electron chi connectivity index (χ1n) is 4.55. The van der Waals surface area contributed by atoms with E-state index in [0.717, 1.165) is 5.69 Å². The molecule has 0 radical (unpaired) electrons. The second-order valence-corrected chi connectivity index (χ2v) is 4.63. The molecule has 0 aliphatic heterocycles. The van der Waals surface area contributed by atoms with Gasteiger partial charge in [-0.1, -0.05) is 11.6 Å². The molecule has 0 bridgehead atoms. The van der Waals surface area contributed by atoms with Gasteiger partial charge in [0.2, 0.25) is 0 Å². The zero-order valence-electron chi connectivity index (χ0n) is 8.68. The van der Waals surface area contributed by atoms with Gasteiger partial charge in [0.25, 0.3) is 0 Å². The number of nitrogens with two attached hydrogens (primary N) is 1. The Morgan fingerprint density at radius 3 is 2.94 bits per heavy atom. The Kier molecular flexibility index (Phi) is 4.98. The van der Waals surface area contributed by atoms with Crippen LogP contribution >= 0.6 is 23.4 Å². The molecule has 3 N–H and O–H groups in total. The van der Waals surface area contributed by atoms with E-state index >= 15 is 0 Å². The molecular formula is C9H12ClN3O2S. The van der Waals surface area contributed by atoms with Crippen LogP contribution in [-0.4, -0.2) is 32.8 Å². The molecule has 16 heavy (non-hydrogen) atoms. The standard InChI is InChI=1S/C9H12ClN3O2S/c1-5-2-7(10)13-8(12-5)4-16-3-6(11)9(14)15/h2,6H,3-4,11H2,1H3,(H,14,15). The number of halogens is 1. The van der Waals surface area contributed by atoms with Gasteiger partial charge < -0.3 is 10.8 Å². The van der Waals surface area contributed by atoms with Crippen LogP contribution in [0.1, 0.15) is 11.5 Å². The first-order chi connectivity index (χ1) is 7.49. The molecule has 1 aromatic heterocycles. The van der Waals surface area contributed by atoms with Crippen LogP contribution in [0.3, 0.4) is 0 Å². The highest BCUT2D eigenvalue weighted by molar-refractivity contribution is 7.98. The Balaban J connectivity index is 2.46. The van der Waals surface area contributed by atoms with Crippen LogP contribution in [0, 0.1) is 6.92 Å². The summed E-state index contributed by atoms with van der Waals surface area (Å²) in [6, 6.07) is 0.809. The quantitative estimate of drug-likeness (QED) is 0.771. The third-order valence-corrected chi connectivity index (χ3v) is 2.97. The van der Waals surface area contributed by atoms with Gasteiger partial charge in [-0.15, -0.1) is 0 Å². The lowest BCUT2D eigenvalue weighted by molar-refractivity contribution is -0.137. The number of aliphatic carboxylic acids is 1. The Morgan fingerprint density at radius 1 is 1.69 bits per heavy atom. The van der Waals surface area contributed by atoms with Gasteiger partial charge in [-0.05, 0) is 13.0 Å². The normalized spacial score (nSPS) is 12.4. The van der Waals surface area contributed by atoms with Gasteiger partial charge in [-0.2, -0.15) is 11.8 Å². The molecule has 7 heteroatoms. The number of hydrogen-bond acceptors (Lipinski definition) is 5. The molecule has 5 nitrogen and oxygen atoms in total. The van der Waals surface area contributed by atoms with Crippen LogP contribution < -0.4 is 5.73 Å². The van der Waals surface area contributed by atoms with E-state index in [9.17, 15) is 4.79 Å². The van der Waals surface area contributed by atoms with Crippen LogP contribution in [0.25, 0.3) is 0 Å². The van der Waals surface area contributed by atoms with Gasteiger partial charge in [-0.25, -0.2) is 9.97 Å². The molecule has 0 spiro atoms. The number of hydrogen-bond donors (Lipinski definition) is 2. The predicted molar refractivity (Wildman–Crippen MR) is 63.6 cm³/mol. The molecule has 1 aromatic rings.